The van der Waals surface area contributed by atoms with Gasteiger partial charge in [-0.15, -0.1) is 11.8 Å². The largest absolute Gasteiger partial charge is 0.339 e. The Balaban J connectivity index is 1.54. The molecule has 20 heavy (non-hydrogen) atoms. The Morgan fingerprint density at radius 3 is 2.80 bits per heavy atom. The number of nitrogens with zero attached hydrogens (tertiary/aromatic N) is 2. The molecule has 0 radical (unpaired) electrons. The molecule has 0 saturated heterocycles. The van der Waals surface area contributed by atoms with Crippen molar-refractivity contribution in [3.63, 3.8) is 0 Å². The van der Waals surface area contributed by atoms with Crippen molar-refractivity contribution in [2.75, 3.05) is 0 Å². The average Bonchev–Trinajstić information content (AvgIpc) is 3.20. The molecule has 4 nitrogen and oxygen atoms in total. The van der Waals surface area contributed by atoms with Crippen LogP contribution < -0.4 is 0 Å². The summed E-state index contributed by atoms with van der Waals surface area (Å²) in [5, 5.41) is 3.91. The van der Waals surface area contributed by atoms with Crippen molar-refractivity contribution >= 4 is 33.5 Å². The molecule has 0 spiro atoms. The molecular formula is C14H13BrN2O2S. The van der Waals surface area contributed by atoms with Crippen LogP contribution in [0.1, 0.15) is 24.6 Å². The number of hydrogen-bond donors (Lipinski definition) is 0. The SMILES string of the molecule is O=C(Cc1nc(CSc2ccc(Br)cc2)no1)C1CC1. The van der Waals surface area contributed by atoms with Gasteiger partial charge in [0.2, 0.25) is 5.89 Å². The lowest BCUT2D eigenvalue weighted by atomic mass is 10.2. The molecule has 6 heteroatoms. The summed E-state index contributed by atoms with van der Waals surface area (Å²) < 4.78 is 6.18. The monoisotopic (exact) mass is 352 g/mol. The van der Waals surface area contributed by atoms with Gasteiger partial charge >= 0.3 is 0 Å². The maximum Gasteiger partial charge on any atom is 0.234 e. The van der Waals surface area contributed by atoms with Gasteiger partial charge in [-0.3, -0.25) is 4.79 Å². The van der Waals surface area contributed by atoms with Crippen molar-refractivity contribution in [3.05, 3.63) is 40.5 Å². The fourth-order valence-electron chi connectivity index (χ4n) is 1.80. The van der Waals surface area contributed by atoms with E-state index in [9.17, 15) is 4.79 Å². The highest BCUT2D eigenvalue weighted by Gasteiger charge is 2.30. The number of rotatable bonds is 6. The van der Waals surface area contributed by atoms with E-state index in [1.807, 2.05) is 24.3 Å². The first-order valence-corrected chi connectivity index (χ1v) is 8.21. The first kappa shape index (κ1) is 13.8. The van der Waals surface area contributed by atoms with Gasteiger partial charge in [-0.05, 0) is 37.1 Å². The van der Waals surface area contributed by atoms with Gasteiger partial charge in [0.1, 0.15) is 5.78 Å². The third kappa shape index (κ3) is 3.70. The van der Waals surface area contributed by atoms with Crippen LogP contribution in [0.5, 0.6) is 0 Å². The molecule has 1 fully saturated rings. The normalized spacial score (nSPS) is 14.4. The Kier molecular flexibility index (Phi) is 4.21. The fraction of sp³-hybridized carbons (Fsp3) is 0.357. The molecule has 0 unspecified atom stereocenters. The number of Topliss-reactive ketones (excluding diaryl/α,β-unsaturated/α-hetero) is 1. The summed E-state index contributed by atoms with van der Waals surface area (Å²) in [4.78, 5) is 17.1. The first-order chi connectivity index (χ1) is 9.70. The second-order valence-electron chi connectivity index (χ2n) is 4.76. The number of halogens is 1. The Bertz CT molecular complexity index is 608. The molecule has 1 heterocycles. The standard InChI is InChI=1S/C14H13BrN2O2S/c15-10-3-5-11(6-4-10)20-8-13-16-14(19-17-13)7-12(18)9-1-2-9/h3-6,9H,1-2,7-8H2. The molecule has 1 aromatic heterocycles. The van der Waals surface area contributed by atoms with Crippen LogP contribution in [-0.2, 0) is 17.0 Å². The smallest absolute Gasteiger partial charge is 0.234 e. The molecule has 0 atom stereocenters. The van der Waals surface area contributed by atoms with Crippen molar-refractivity contribution in [1.82, 2.24) is 10.1 Å². The lowest BCUT2D eigenvalue weighted by molar-refractivity contribution is -0.119. The van der Waals surface area contributed by atoms with Crippen LogP contribution in [-0.4, -0.2) is 15.9 Å². The van der Waals surface area contributed by atoms with Crippen LogP contribution in [0.2, 0.25) is 0 Å². The number of thioether (sulfide) groups is 1. The first-order valence-electron chi connectivity index (χ1n) is 6.43. The summed E-state index contributed by atoms with van der Waals surface area (Å²) >= 11 is 5.05. The van der Waals surface area contributed by atoms with E-state index in [0.717, 1.165) is 22.2 Å². The van der Waals surface area contributed by atoms with Crippen LogP contribution in [0.3, 0.4) is 0 Å². The number of carbonyl (C=O) groups is 1. The van der Waals surface area contributed by atoms with Crippen molar-refractivity contribution in [2.45, 2.75) is 29.9 Å². The minimum absolute atomic E-state index is 0.223. The van der Waals surface area contributed by atoms with Crippen LogP contribution in [0.4, 0.5) is 0 Å². The van der Waals surface area contributed by atoms with Crippen molar-refractivity contribution < 1.29 is 9.32 Å². The van der Waals surface area contributed by atoms with E-state index >= 15 is 0 Å². The molecule has 1 aliphatic carbocycles. The molecule has 1 aromatic carbocycles. The molecule has 0 bridgehead atoms. The number of carbonyl (C=O) groups excluding carboxylic acids is 1. The van der Waals surface area contributed by atoms with E-state index in [-0.39, 0.29) is 18.1 Å². The second-order valence-corrected chi connectivity index (χ2v) is 6.73. The number of benzene rings is 1. The van der Waals surface area contributed by atoms with E-state index in [1.54, 1.807) is 11.8 Å². The second kappa shape index (κ2) is 6.10. The molecule has 2 aromatic rings. The highest BCUT2D eigenvalue weighted by molar-refractivity contribution is 9.10. The third-order valence-corrected chi connectivity index (χ3v) is 4.59. The molecule has 0 aliphatic heterocycles. The lowest BCUT2D eigenvalue weighted by Gasteiger charge is -1.97. The zero-order valence-electron chi connectivity index (χ0n) is 10.7. The summed E-state index contributed by atoms with van der Waals surface area (Å²) in [5.74, 6) is 2.18. The van der Waals surface area contributed by atoms with Crippen LogP contribution in [0.25, 0.3) is 0 Å². The van der Waals surface area contributed by atoms with Gasteiger partial charge in [-0.2, -0.15) is 4.98 Å². The van der Waals surface area contributed by atoms with E-state index in [4.69, 9.17) is 4.52 Å². The van der Waals surface area contributed by atoms with Crippen LogP contribution >= 0.6 is 27.7 Å². The molecule has 3 rings (SSSR count). The maximum absolute atomic E-state index is 11.7. The minimum atomic E-state index is 0.223. The summed E-state index contributed by atoms with van der Waals surface area (Å²) in [6, 6.07) is 8.06. The summed E-state index contributed by atoms with van der Waals surface area (Å²) in [5.41, 5.74) is 0. The zero-order valence-corrected chi connectivity index (χ0v) is 13.1. The Labute approximate surface area is 129 Å². The highest BCUT2D eigenvalue weighted by atomic mass is 79.9. The molecule has 104 valence electrons. The van der Waals surface area contributed by atoms with Gasteiger partial charge in [0.25, 0.3) is 0 Å². The van der Waals surface area contributed by atoms with Gasteiger partial charge in [0, 0.05) is 15.3 Å². The van der Waals surface area contributed by atoms with Gasteiger partial charge < -0.3 is 4.52 Å². The van der Waals surface area contributed by atoms with E-state index in [0.29, 0.717) is 17.5 Å². The fourth-order valence-corrected chi connectivity index (χ4v) is 2.80. The maximum atomic E-state index is 11.7. The van der Waals surface area contributed by atoms with E-state index in [2.05, 4.69) is 26.1 Å². The summed E-state index contributed by atoms with van der Waals surface area (Å²) in [6.45, 7) is 0. The van der Waals surface area contributed by atoms with Crippen molar-refractivity contribution in [3.8, 4) is 0 Å². The summed E-state index contributed by atoms with van der Waals surface area (Å²) in [6.07, 6.45) is 2.30. The molecule has 0 N–H and O–H groups in total. The molecule has 0 amide bonds. The minimum Gasteiger partial charge on any atom is -0.339 e. The van der Waals surface area contributed by atoms with Crippen LogP contribution in [0, 0.1) is 5.92 Å². The van der Waals surface area contributed by atoms with Gasteiger partial charge in [-0.1, -0.05) is 21.1 Å². The van der Waals surface area contributed by atoms with Gasteiger partial charge in [0.15, 0.2) is 5.82 Å². The predicted octanol–water partition coefficient (Wildman–Crippen LogP) is 3.65. The van der Waals surface area contributed by atoms with Crippen molar-refractivity contribution in [1.29, 1.82) is 0 Å². The van der Waals surface area contributed by atoms with Crippen LogP contribution in [0.15, 0.2) is 38.2 Å². The third-order valence-electron chi connectivity index (χ3n) is 3.05. The van der Waals surface area contributed by atoms with E-state index < -0.39 is 0 Å². The quantitative estimate of drug-likeness (QED) is 0.742. The van der Waals surface area contributed by atoms with Gasteiger partial charge in [0.05, 0.1) is 12.2 Å². The molecule has 1 aliphatic rings. The lowest BCUT2D eigenvalue weighted by Crippen LogP contribution is -2.04. The van der Waals surface area contributed by atoms with Gasteiger partial charge in [-0.25, -0.2) is 0 Å². The summed E-state index contributed by atoms with van der Waals surface area (Å²) in [7, 11) is 0. The zero-order chi connectivity index (χ0) is 13.9. The Hall–Kier alpha value is -1.14. The Morgan fingerprint density at radius 1 is 1.35 bits per heavy atom. The number of aromatic nitrogens is 2. The topological polar surface area (TPSA) is 56.0 Å². The number of hydrogen-bond acceptors (Lipinski definition) is 5. The highest BCUT2D eigenvalue weighted by Crippen LogP contribution is 2.31. The predicted molar refractivity (Wildman–Crippen MR) is 79.4 cm³/mol. The average molecular weight is 353 g/mol. The molecule has 1 saturated carbocycles. The van der Waals surface area contributed by atoms with E-state index in [1.165, 1.54) is 0 Å². The Morgan fingerprint density at radius 2 is 2.10 bits per heavy atom. The molecular weight excluding hydrogens is 340 g/mol. The number of ketones is 1. The van der Waals surface area contributed by atoms with Crippen molar-refractivity contribution in [2.24, 2.45) is 5.92 Å².